The highest BCUT2D eigenvalue weighted by molar-refractivity contribution is 6.02. The van der Waals surface area contributed by atoms with Crippen molar-refractivity contribution in [1.82, 2.24) is 30.4 Å². The van der Waals surface area contributed by atoms with Gasteiger partial charge in [-0.1, -0.05) is 0 Å². The predicted octanol–water partition coefficient (Wildman–Crippen LogP) is -1.58. The summed E-state index contributed by atoms with van der Waals surface area (Å²) in [6.45, 7) is -0.539. The first-order chi connectivity index (χ1) is 10.1. The lowest BCUT2D eigenvalue weighted by Gasteiger charge is -2.24. The minimum Gasteiger partial charge on any atom is -0.461 e. The third-order valence-corrected chi connectivity index (χ3v) is 2.77. The second-order valence-electron chi connectivity index (χ2n) is 4.34. The van der Waals surface area contributed by atoms with Gasteiger partial charge >= 0.3 is 0 Å². The maximum atomic E-state index is 12.0. The minimum absolute atomic E-state index is 0.162. The summed E-state index contributed by atoms with van der Waals surface area (Å²) in [7, 11) is 0. The van der Waals surface area contributed by atoms with E-state index >= 15 is 0 Å². The lowest BCUT2D eigenvalue weighted by molar-refractivity contribution is -0.145. The molecule has 3 amide bonds. The molecule has 21 heavy (non-hydrogen) atoms. The molecule has 0 aromatic carbocycles. The second kappa shape index (κ2) is 5.15. The number of rotatable bonds is 3. The van der Waals surface area contributed by atoms with Gasteiger partial charge in [-0.2, -0.15) is 4.80 Å². The van der Waals surface area contributed by atoms with Crippen molar-refractivity contribution >= 4 is 17.7 Å². The van der Waals surface area contributed by atoms with E-state index < -0.39 is 17.7 Å². The molecule has 0 spiro atoms. The Bertz CT molecular complexity index is 675. The summed E-state index contributed by atoms with van der Waals surface area (Å²) in [5, 5.41) is 13.6. The number of piperazine rings is 1. The van der Waals surface area contributed by atoms with Crippen LogP contribution in [0.1, 0.15) is 0 Å². The maximum absolute atomic E-state index is 12.0. The molecule has 3 heterocycles. The topological polar surface area (TPSA) is 123 Å². The van der Waals surface area contributed by atoms with Gasteiger partial charge in [-0.05, 0) is 17.3 Å². The van der Waals surface area contributed by atoms with E-state index in [1.54, 1.807) is 12.1 Å². The van der Waals surface area contributed by atoms with Crippen molar-refractivity contribution in [3.05, 3.63) is 18.4 Å². The number of imide groups is 1. The van der Waals surface area contributed by atoms with Crippen molar-refractivity contribution in [2.75, 3.05) is 13.1 Å². The van der Waals surface area contributed by atoms with Crippen molar-refractivity contribution in [2.45, 2.75) is 6.54 Å². The van der Waals surface area contributed by atoms with Crippen molar-refractivity contribution in [3.63, 3.8) is 0 Å². The van der Waals surface area contributed by atoms with Crippen LogP contribution < -0.4 is 5.32 Å². The van der Waals surface area contributed by atoms with E-state index in [1.807, 2.05) is 0 Å². The van der Waals surface area contributed by atoms with E-state index in [2.05, 4.69) is 20.7 Å². The van der Waals surface area contributed by atoms with Gasteiger partial charge in [0, 0.05) is 0 Å². The summed E-state index contributed by atoms with van der Waals surface area (Å²) >= 11 is 0. The van der Waals surface area contributed by atoms with Crippen molar-refractivity contribution < 1.29 is 18.8 Å². The molecule has 0 radical (unpaired) electrons. The smallest absolute Gasteiger partial charge is 0.247 e. The summed E-state index contributed by atoms with van der Waals surface area (Å²) in [6.07, 6.45) is 1.47. The van der Waals surface area contributed by atoms with Crippen LogP contribution in [0.4, 0.5) is 0 Å². The fraction of sp³-hybridized carbons (Fsp3) is 0.273. The largest absolute Gasteiger partial charge is 0.461 e. The number of carbonyl (C=O) groups excluding carboxylic acids is 3. The molecule has 0 atom stereocenters. The molecule has 0 aliphatic carbocycles. The summed E-state index contributed by atoms with van der Waals surface area (Å²) in [5.74, 6) is -0.784. The third kappa shape index (κ3) is 2.78. The minimum atomic E-state index is -0.512. The molecule has 2 aromatic heterocycles. The monoisotopic (exact) mass is 290 g/mol. The molecular formula is C11H10N6O4. The normalized spacial score (nSPS) is 15.1. The number of hydrogen-bond acceptors (Lipinski definition) is 7. The Hall–Kier alpha value is -3.04. The number of nitrogens with zero attached hydrogens (tertiary/aromatic N) is 5. The molecule has 2 aromatic rings. The molecule has 10 nitrogen and oxygen atoms in total. The average molecular weight is 290 g/mol. The van der Waals surface area contributed by atoms with E-state index in [9.17, 15) is 14.4 Å². The molecule has 0 unspecified atom stereocenters. The van der Waals surface area contributed by atoms with Crippen molar-refractivity contribution in [3.8, 4) is 11.6 Å². The van der Waals surface area contributed by atoms with Gasteiger partial charge in [0.15, 0.2) is 5.76 Å². The Labute approximate surface area is 117 Å². The second-order valence-corrected chi connectivity index (χ2v) is 4.34. The first-order valence-electron chi connectivity index (χ1n) is 6.04. The first-order valence-corrected chi connectivity index (χ1v) is 6.04. The Morgan fingerprint density at radius 3 is 2.76 bits per heavy atom. The van der Waals surface area contributed by atoms with E-state index in [0.29, 0.717) is 5.76 Å². The van der Waals surface area contributed by atoms with Crippen LogP contribution in [-0.4, -0.2) is 55.9 Å². The molecule has 10 heteroatoms. The van der Waals surface area contributed by atoms with E-state index in [0.717, 1.165) is 9.70 Å². The number of furan rings is 1. The van der Waals surface area contributed by atoms with Crippen LogP contribution in [0.2, 0.25) is 0 Å². The molecule has 1 fully saturated rings. The standard InChI is InChI=1S/C11H10N6O4/c18-8-4-16(5-9(19)12-8)10(20)6-17-14-11(13-15-17)7-2-1-3-21-7/h1-3H,4-6H2,(H,12,18,19). The van der Waals surface area contributed by atoms with Crippen molar-refractivity contribution in [2.24, 2.45) is 0 Å². The zero-order valence-corrected chi connectivity index (χ0v) is 10.7. The third-order valence-electron chi connectivity index (χ3n) is 2.77. The molecule has 108 valence electrons. The number of hydrogen-bond donors (Lipinski definition) is 1. The summed E-state index contributed by atoms with van der Waals surface area (Å²) in [4.78, 5) is 36.6. The van der Waals surface area contributed by atoms with Gasteiger partial charge in [0.05, 0.1) is 6.26 Å². The lowest BCUT2D eigenvalue weighted by Crippen LogP contribution is -2.54. The van der Waals surface area contributed by atoms with E-state index in [-0.39, 0.29) is 25.5 Å². The van der Waals surface area contributed by atoms with Gasteiger partial charge in [-0.3, -0.25) is 19.7 Å². The SMILES string of the molecule is O=C1CN(C(=O)Cn2nnc(-c3ccco3)n2)CC(=O)N1. The van der Waals surface area contributed by atoms with Gasteiger partial charge in [0.2, 0.25) is 23.5 Å². The number of tetrazole rings is 1. The quantitative estimate of drug-likeness (QED) is 0.676. The predicted molar refractivity (Wildman–Crippen MR) is 65.2 cm³/mol. The molecule has 3 rings (SSSR count). The fourth-order valence-electron chi connectivity index (χ4n) is 1.85. The Kier molecular flexibility index (Phi) is 3.18. The fourth-order valence-corrected chi connectivity index (χ4v) is 1.85. The number of carbonyl (C=O) groups is 3. The highest BCUT2D eigenvalue weighted by Crippen LogP contribution is 2.12. The van der Waals surface area contributed by atoms with Gasteiger partial charge in [-0.15, -0.1) is 10.2 Å². The van der Waals surface area contributed by atoms with Gasteiger partial charge in [0.1, 0.15) is 19.6 Å². The summed E-state index contributed by atoms with van der Waals surface area (Å²) < 4.78 is 5.11. The van der Waals surface area contributed by atoms with Crippen LogP contribution in [0.25, 0.3) is 11.6 Å². The van der Waals surface area contributed by atoms with Crippen LogP contribution in [0.15, 0.2) is 22.8 Å². The Morgan fingerprint density at radius 1 is 1.33 bits per heavy atom. The number of nitrogens with one attached hydrogen (secondary N) is 1. The van der Waals surface area contributed by atoms with Gasteiger partial charge in [-0.25, -0.2) is 0 Å². The van der Waals surface area contributed by atoms with Gasteiger partial charge < -0.3 is 9.32 Å². The number of amides is 3. The molecule has 0 bridgehead atoms. The van der Waals surface area contributed by atoms with Crippen LogP contribution in [0, 0.1) is 0 Å². The summed E-state index contributed by atoms with van der Waals surface area (Å²) in [6, 6.07) is 3.34. The van der Waals surface area contributed by atoms with Crippen LogP contribution in [0.3, 0.4) is 0 Å². The summed E-state index contributed by atoms with van der Waals surface area (Å²) in [5.41, 5.74) is 0. The Morgan fingerprint density at radius 2 is 2.10 bits per heavy atom. The Balaban J connectivity index is 1.67. The molecule has 0 saturated carbocycles. The van der Waals surface area contributed by atoms with Crippen LogP contribution >= 0.6 is 0 Å². The molecular weight excluding hydrogens is 280 g/mol. The zero-order valence-electron chi connectivity index (χ0n) is 10.7. The first kappa shape index (κ1) is 13.0. The zero-order chi connectivity index (χ0) is 14.8. The average Bonchev–Trinajstić information content (AvgIpc) is 3.07. The lowest BCUT2D eigenvalue weighted by atomic mass is 10.3. The van der Waals surface area contributed by atoms with E-state index in [4.69, 9.17) is 4.42 Å². The number of aromatic nitrogens is 4. The molecule has 1 N–H and O–H groups in total. The molecule has 1 aliphatic heterocycles. The highest BCUT2D eigenvalue weighted by atomic mass is 16.3. The van der Waals surface area contributed by atoms with Crippen LogP contribution in [0.5, 0.6) is 0 Å². The van der Waals surface area contributed by atoms with Crippen LogP contribution in [-0.2, 0) is 20.9 Å². The van der Waals surface area contributed by atoms with E-state index in [1.165, 1.54) is 6.26 Å². The van der Waals surface area contributed by atoms with Gasteiger partial charge in [0.25, 0.3) is 0 Å². The maximum Gasteiger partial charge on any atom is 0.247 e. The molecule has 1 saturated heterocycles. The van der Waals surface area contributed by atoms with Crippen molar-refractivity contribution in [1.29, 1.82) is 0 Å². The molecule has 1 aliphatic rings. The highest BCUT2D eigenvalue weighted by Gasteiger charge is 2.26.